The number of para-hydroxylation sites is 1. The Bertz CT molecular complexity index is 638. The van der Waals surface area contributed by atoms with E-state index in [1.165, 1.54) is 0 Å². The summed E-state index contributed by atoms with van der Waals surface area (Å²) in [5, 5.41) is 7.58. The first-order chi connectivity index (χ1) is 11.1. The maximum absolute atomic E-state index is 6.26. The van der Waals surface area contributed by atoms with E-state index in [-0.39, 0.29) is 0 Å². The Labute approximate surface area is 148 Å². The van der Waals surface area contributed by atoms with Crippen LogP contribution in [0.5, 0.6) is 5.75 Å². The average Bonchev–Trinajstić information content (AvgIpc) is 2.51. The molecule has 5 heteroatoms. The van der Waals surface area contributed by atoms with E-state index in [0.717, 1.165) is 35.5 Å². The van der Waals surface area contributed by atoms with Crippen molar-refractivity contribution in [2.45, 2.75) is 20.3 Å². The molecule has 0 saturated heterocycles. The van der Waals surface area contributed by atoms with Gasteiger partial charge >= 0.3 is 0 Å². The number of hydrogen-bond donors (Lipinski definition) is 2. The predicted octanol–water partition coefficient (Wildman–Crippen LogP) is 4.71. The summed E-state index contributed by atoms with van der Waals surface area (Å²) in [6.07, 6.45) is 0.858. The SMILES string of the molecule is Cc1cc(C)c(NC(=S)NCCCOc2ccccc2)c(Cl)c1. The highest BCUT2D eigenvalue weighted by Gasteiger charge is 2.06. The van der Waals surface area contributed by atoms with Gasteiger partial charge in [0.2, 0.25) is 0 Å². The van der Waals surface area contributed by atoms with Crippen molar-refractivity contribution in [3.8, 4) is 5.75 Å². The van der Waals surface area contributed by atoms with Gasteiger partial charge < -0.3 is 15.4 Å². The molecule has 0 atom stereocenters. The Hall–Kier alpha value is -1.78. The van der Waals surface area contributed by atoms with Crippen LogP contribution < -0.4 is 15.4 Å². The van der Waals surface area contributed by atoms with Crippen molar-refractivity contribution in [1.29, 1.82) is 0 Å². The molecule has 0 saturated carbocycles. The lowest BCUT2D eigenvalue weighted by atomic mass is 10.1. The number of rotatable bonds is 6. The molecule has 0 aliphatic heterocycles. The van der Waals surface area contributed by atoms with Crippen molar-refractivity contribution in [2.75, 3.05) is 18.5 Å². The van der Waals surface area contributed by atoms with Crippen molar-refractivity contribution in [3.63, 3.8) is 0 Å². The second kappa shape index (κ2) is 8.75. The second-order valence-electron chi connectivity index (χ2n) is 5.33. The van der Waals surface area contributed by atoms with Gasteiger partial charge in [0.05, 0.1) is 17.3 Å². The quantitative estimate of drug-likeness (QED) is 0.585. The van der Waals surface area contributed by atoms with Crippen LogP contribution in [-0.2, 0) is 0 Å². The number of benzene rings is 2. The highest BCUT2D eigenvalue weighted by molar-refractivity contribution is 7.80. The van der Waals surface area contributed by atoms with Crippen molar-refractivity contribution in [1.82, 2.24) is 5.32 Å². The van der Waals surface area contributed by atoms with Crippen LogP contribution in [0.15, 0.2) is 42.5 Å². The van der Waals surface area contributed by atoms with Crippen LogP contribution in [0.25, 0.3) is 0 Å². The van der Waals surface area contributed by atoms with Crippen LogP contribution in [0.3, 0.4) is 0 Å². The molecular formula is C18H21ClN2OS. The molecule has 0 heterocycles. The molecule has 2 rings (SSSR count). The van der Waals surface area contributed by atoms with Gasteiger partial charge in [-0.05, 0) is 61.8 Å². The zero-order valence-corrected chi connectivity index (χ0v) is 14.9. The third-order valence-corrected chi connectivity index (χ3v) is 3.83. The summed E-state index contributed by atoms with van der Waals surface area (Å²) in [7, 11) is 0. The fourth-order valence-electron chi connectivity index (χ4n) is 2.21. The first kappa shape index (κ1) is 17.6. The lowest BCUT2D eigenvalue weighted by molar-refractivity contribution is 0.311. The zero-order chi connectivity index (χ0) is 16.7. The maximum Gasteiger partial charge on any atom is 0.170 e. The number of ether oxygens (including phenoxy) is 1. The van der Waals surface area contributed by atoms with Crippen molar-refractivity contribution in [3.05, 3.63) is 58.6 Å². The number of hydrogen-bond acceptors (Lipinski definition) is 2. The summed E-state index contributed by atoms with van der Waals surface area (Å²) < 4.78 is 5.63. The number of halogens is 1. The summed E-state index contributed by atoms with van der Waals surface area (Å²) in [6.45, 7) is 5.41. The molecule has 0 amide bonds. The van der Waals surface area contributed by atoms with Gasteiger partial charge in [-0.1, -0.05) is 35.9 Å². The molecule has 0 fully saturated rings. The molecule has 2 N–H and O–H groups in total. The van der Waals surface area contributed by atoms with Crippen molar-refractivity contribution < 1.29 is 4.74 Å². The largest absolute Gasteiger partial charge is 0.494 e. The van der Waals surface area contributed by atoms with Gasteiger partial charge in [0.25, 0.3) is 0 Å². The monoisotopic (exact) mass is 348 g/mol. The molecule has 0 unspecified atom stereocenters. The standard InChI is InChI=1S/C18H21ClN2OS/c1-13-11-14(2)17(16(19)12-13)21-18(23)20-9-6-10-22-15-7-4-3-5-8-15/h3-5,7-8,11-12H,6,9-10H2,1-2H3,(H2,20,21,23). The molecular weight excluding hydrogens is 328 g/mol. The Kier molecular flexibility index (Phi) is 6.68. The van der Waals surface area contributed by atoms with Gasteiger partial charge in [0, 0.05) is 6.54 Å². The minimum atomic E-state index is 0.568. The van der Waals surface area contributed by atoms with Crippen LogP contribution in [0.4, 0.5) is 5.69 Å². The molecule has 0 aliphatic rings. The van der Waals surface area contributed by atoms with Crippen molar-refractivity contribution >= 4 is 34.6 Å². The molecule has 2 aromatic carbocycles. The molecule has 0 aromatic heterocycles. The fraction of sp³-hybridized carbons (Fsp3) is 0.278. The molecule has 0 spiro atoms. The normalized spacial score (nSPS) is 10.2. The van der Waals surface area contributed by atoms with E-state index in [0.29, 0.717) is 16.7 Å². The topological polar surface area (TPSA) is 33.3 Å². The Morgan fingerprint density at radius 1 is 1.17 bits per heavy atom. The number of nitrogens with one attached hydrogen (secondary N) is 2. The smallest absolute Gasteiger partial charge is 0.170 e. The van der Waals surface area contributed by atoms with E-state index in [1.807, 2.05) is 50.2 Å². The van der Waals surface area contributed by atoms with Gasteiger partial charge in [0.15, 0.2) is 5.11 Å². The van der Waals surface area contributed by atoms with Crippen molar-refractivity contribution in [2.24, 2.45) is 0 Å². The molecule has 2 aromatic rings. The molecule has 122 valence electrons. The van der Waals surface area contributed by atoms with Crippen LogP contribution in [0.1, 0.15) is 17.5 Å². The van der Waals surface area contributed by atoms with E-state index in [4.69, 9.17) is 28.6 Å². The fourth-order valence-corrected chi connectivity index (χ4v) is 2.79. The average molecular weight is 349 g/mol. The van der Waals surface area contributed by atoms with Gasteiger partial charge in [0.1, 0.15) is 5.75 Å². The lowest BCUT2D eigenvalue weighted by Gasteiger charge is -2.14. The first-order valence-electron chi connectivity index (χ1n) is 7.55. The summed E-state index contributed by atoms with van der Waals surface area (Å²) in [6, 6.07) is 13.8. The highest BCUT2D eigenvalue weighted by Crippen LogP contribution is 2.27. The van der Waals surface area contributed by atoms with Gasteiger partial charge in [-0.15, -0.1) is 0 Å². The second-order valence-corrected chi connectivity index (χ2v) is 6.15. The van der Waals surface area contributed by atoms with Crippen LogP contribution in [-0.4, -0.2) is 18.3 Å². The molecule has 3 nitrogen and oxygen atoms in total. The highest BCUT2D eigenvalue weighted by atomic mass is 35.5. The number of aryl methyl sites for hydroxylation is 2. The van der Waals surface area contributed by atoms with Crippen LogP contribution in [0.2, 0.25) is 5.02 Å². The molecule has 0 aliphatic carbocycles. The Balaban J connectivity index is 1.71. The lowest BCUT2D eigenvalue weighted by Crippen LogP contribution is -2.30. The Morgan fingerprint density at radius 2 is 1.91 bits per heavy atom. The van der Waals surface area contributed by atoms with E-state index < -0.39 is 0 Å². The summed E-state index contributed by atoms with van der Waals surface area (Å²) >= 11 is 11.6. The van der Waals surface area contributed by atoms with E-state index in [1.54, 1.807) is 0 Å². The minimum absolute atomic E-state index is 0.568. The molecule has 0 radical (unpaired) electrons. The third kappa shape index (κ3) is 5.73. The summed E-state index contributed by atoms with van der Waals surface area (Å²) in [5.74, 6) is 0.885. The van der Waals surface area contributed by atoms with Gasteiger partial charge in [-0.3, -0.25) is 0 Å². The van der Waals surface area contributed by atoms with E-state index in [2.05, 4.69) is 16.7 Å². The van der Waals surface area contributed by atoms with Gasteiger partial charge in [-0.2, -0.15) is 0 Å². The third-order valence-electron chi connectivity index (χ3n) is 3.29. The van der Waals surface area contributed by atoms with E-state index >= 15 is 0 Å². The number of anilines is 1. The maximum atomic E-state index is 6.26. The first-order valence-corrected chi connectivity index (χ1v) is 8.34. The summed E-state index contributed by atoms with van der Waals surface area (Å²) in [5.41, 5.74) is 3.07. The molecule has 0 bridgehead atoms. The van der Waals surface area contributed by atoms with Crippen LogP contribution >= 0.6 is 23.8 Å². The summed E-state index contributed by atoms with van der Waals surface area (Å²) in [4.78, 5) is 0. The van der Waals surface area contributed by atoms with Crippen LogP contribution in [0, 0.1) is 13.8 Å². The zero-order valence-electron chi connectivity index (χ0n) is 13.4. The Morgan fingerprint density at radius 3 is 2.61 bits per heavy atom. The number of thiocarbonyl (C=S) groups is 1. The predicted molar refractivity (Wildman–Crippen MR) is 102 cm³/mol. The molecule has 23 heavy (non-hydrogen) atoms. The van der Waals surface area contributed by atoms with Gasteiger partial charge in [-0.25, -0.2) is 0 Å². The minimum Gasteiger partial charge on any atom is -0.494 e. The van der Waals surface area contributed by atoms with E-state index in [9.17, 15) is 0 Å².